The Bertz CT molecular complexity index is 661. The lowest BCUT2D eigenvalue weighted by molar-refractivity contribution is -0.384. The van der Waals surface area contributed by atoms with Gasteiger partial charge in [0.25, 0.3) is 5.69 Å². The predicted octanol–water partition coefficient (Wildman–Crippen LogP) is 3.86. The van der Waals surface area contributed by atoms with Gasteiger partial charge in [-0.25, -0.2) is 4.98 Å². The molecule has 1 aromatic carbocycles. The van der Waals surface area contributed by atoms with Gasteiger partial charge in [0.2, 0.25) is 5.88 Å². The van der Waals surface area contributed by atoms with Gasteiger partial charge >= 0.3 is 0 Å². The molecule has 0 unspecified atom stereocenters. The van der Waals surface area contributed by atoms with Gasteiger partial charge in [-0.3, -0.25) is 10.1 Å². The number of halogens is 1. The number of nitro groups is 1. The molecule has 1 heterocycles. The standard InChI is InChI=1S/C13H11BrN2O4/c1-8-5-6-15-13(12(8)14)20-10-4-3-9(16(17)18)7-11(10)19-2/h3-7H,1-2H3. The third-order valence-corrected chi connectivity index (χ3v) is 3.58. The van der Waals surface area contributed by atoms with Crippen LogP contribution in [0.25, 0.3) is 0 Å². The number of methoxy groups -OCH3 is 1. The van der Waals surface area contributed by atoms with E-state index in [0.29, 0.717) is 11.6 Å². The first kappa shape index (κ1) is 14.3. The van der Waals surface area contributed by atoms with Crippen molar-refractivity contribution in [1.29, 1.82) is 0 Å². The highest BCUT2D eigenvalue weighted by Gasteiger charge is 2.15. The van der Waals surface area contributed by atoms with Crippen molar-refractivity contribution >= 4 is 21.6 Å². The summed E-state index contributed by atoms with van der Waals surface area (Å²) >= 11 is 3.39. The van der Waals surface area contributed by atoms with E-state index in [9.17, 15) is 10.1 Å². The summed E-state index contributed by atoms with van der Waals surface area (Å²) in [6.45, 7) is 1.91. The number of nitrogens with zero attached hydrogens (tertiary/aromatic N) is 2. The van der Waals surface area contributed by atoms with Gasteiger partial charge < -0.3 is 9.47 Å². The van der Waals surface area contributed by atoms with Crippen molar-refractivity contribution in [3.63, 3.8) is 0 Å². The van der Waals surface area contributed by atoms with E-state index in [1.807, 2.05) is 13.0 Å². The first-order valence-electron chi connectivity index (χ1n) is 5.64. The molecular weight excluding hydrogens is 328 g/mol. The van der Waals surface area contributed by atoms with Crippen molar-refractivity contribution in [3.8, 4) is 17.4 Å². The van der Waals surface area contributed by atoms with Crippen LogP contribution in [0.5, 0.6) is 17.4 Å². The van der Waals surface area contributed by atoms with Crippen molar-refractivity contribution < 1.29 is 14.4 Å². The van der Waals surface area contributed by atoms with Crippen LogP contribution in [0.3, 0.4) is 0 Å². The van der Waals surface area contributed by atoms with Crippen molar-refractivity contribution in [3.05, 3.63) is 50.6 Å². The molecular formula is C13H11BrN2O4. The van der Waals surface area contributed by atoms with E-state index in [0.717, 1.165) is 10.0 Å². The summed E-state index contributed by atoms with van der Waals surface area (Å²) in [5, 5.41) is 10.7. The third kappa shape index (κ3) is 2.88. The number of aromatic nitrogens is 1. The highest BCUT2D eigenvalue weighted by atomic mass is 79.9. The fraction of sp³-hybridized carbons (Fsp3) is 0.154. The molecule has 2 rings (SSSR count). The van der Waals surface area contributed by atoms with E-state index < -0.39 is 4.92 Å². The number of hydrogen-bond donors (Lipinski definition) is 0. The normalized spacial score (nSPS) is 10.2. The van der Waals surface area contributed by atoms with E-state index in [2.05, 4.69) is 20.9 Å². The van der Waals surface area contributed by atoms with Gasteiger partial charge in [-0.05, 0) is 40.5 Å². The van der Waals surface area contributed by atoms with Crippen LogP contribution in [0, 0.1) is 17.0 Å². The monoisotopic (exact) mass is 338 g/mol. The fourth-order valence-corrected chi connectivity index (χ4v) is 1.86. The molecule has 0 radical (unpaired) electrons. The average Bonchev–Trinajstić information content (AvgIpc) is 2.44. The summed E-state index contributed by atoms with van der Waals surface area (Å²) in [4.78, 5) is 14.3. The number of pyridine rings is 1. The minimum absolute atomic E-state index is 0.0644. The van der Waals surface area contributed by atoms with E-state index in [4.69, 9.17) is 9.47 Å². The number of aryl methyl sites for hydroxylation is 1. The van der Waals surface area contributed by atoms with Crippen LogP contribution in [-0.4, -0.2) is 17.0 Å². The molecule has 6 nitrogen and oxygen atoms in total. The van der Waals surface area contributed by atoms with Crippen molar-refractivity contribution in [2.45, 2.75) is 6.92 Å². The van der Waals surface area contributed by atoms with Crippen LogP contribution < -0.4 is 9.47 Å². The SMILES string of the molecule is COc1cc([N+](=O)[O-])ccc1Oc1nccc(C)c1Br. The molecule has 0 amide bonds. The lowest BCUT2D eigenvalue weighted by Gasteiger charge is -2.11. The smallest absolute Gasteiger partial charge is 0.273 e. The number of nitro benzene ring substituents is 1. The Balaban J connectivity index is 2.38. The molecule has 0 saturated carbocycles. The molecule has 0 aliphatic rings. The van der Waals surface area contributed by atoms with E-state index in [1.165, 1.54) is 25.3 Å². The van der Waals surface area contributed by atoms with E-state index >= 15 is 0 Å². The van der Waals surface area contributed by atoms with Crippen LogP contribution in [0.4, 0.5) is 5.69 Å². The van der Waals surface area contributed by atoms with Gasteiger partial charge in [-0.1, -0.05) is 0 Å². The predicted molar refractivity (Wildman–Crippen MR) is 76.4 cm³/mol. The van der Waals surface area contributed by atoms with Gasteiger partial charge in [-0.15, -0.1) is 0 Å². The first-order chi connectivity index (χ1) is 9.52. The molecule has 0 spiro atoms. The molecule has 104 valence electrons. The summed E-state index contributed by atoms with van der Waals surface area (Å²) < 4.78 is 11.5. The van der Waals surface area contributed by atoms with Gasteiger partial charge in [0.05, 0.1) is 22.6 Å². The molecule has 0 fully saturated rings. The van der Waals surface area contributed by atoms with Crippen LogP contribution in [0.15, 0.2) is 34.9 Å². The molecule has 2 aromatic rings. The zero-order valence-corrected chi connectivity index (χ0v) is 12.4. The average molecular weight is 339 g/mol. The molecule has 0 saturated heterocycles. The Hall–Kier alpha value is -2.15. The Morgan fingerprint density at radius 3 is 2.70 bits per heavy atom. The Labute approximate surface area is 123 Å². The Morgan fingerprint density at radius 1 is 1.30 bits per heavy atom. The number of benzene rings is 1. The van der Waals surface area contributed by atoms with Gasteiger partial charge in [0.15, 0.2) is 11.5 Å². The van der Waals surface area contributed by atoms with Crippen LogP contribution in [0.1, 0.15) is 5.56 Å². The zero-order valence-electron chi connectivity index (χ0n) is 10.8. The zero-order chi connectivity index (χ0) is 14.7. The van der Waals surface area contributed by atoms with Crippen molar-refractivity contribution in [2.24, 2.45) is 0 Å². The van der Waals surface area contributed by atoms with Gasteiger partial charge in [-0.2, -0.15) is 0 Å². The largest absolute Gasteiger partial charge is 0.493 e. The third-order valence-electron chi connectivity index (χ3n) is 2.61. The second kappa shape index (κ2) is 5.87. The van der Waals surface area contributed by atoms with Crippen LogP contribution >= 0.6 is 15.9 Å². The number of non-ortho nitro benzene ring substituents is 1. The maximum absolute atomic E-state index is 10.7. The second-order valence-electron chi connectivity index (χ2n) is 3.94. The maximum Gasteiger partial charge on any atom is 0.273 e. The molecule has 0 N–H and O–H groups in total. The minimum atomic E-state index is -0.493. The summed E-state index contributed by atoms with van der Waals surface area (Å²) in [6.07, 6.45) is 1.62. The van der Waals surface area contributed by atoms with Gasteiger partial charge in [0, 0.05) is 12.3 Å². The highest BCUT2D eigenvalue weighted by Crippen LogP contribution is 2.36. The quantitative estimate of drug-likeness (QED) is 0.625. The second-order valence-corrected chi connectivity index (χ2v) is 4.73. The summed E-state index contributed by atoms with van der Waals surface area (Å²) in [6, 6.07) is 5.97. The topological polar surface area (TPSA) is 74.5 Å². The van der Waals surface area contributed by atoms with Crippen LogP contribution in [0.2, 0.25) is 0 Å². The molecule has 7 heteroatoms. The van der Waals surface area contributed by atoms with Crippen molar-refractivity contribution in [1.82, 2.24) is 4.98 Å². The van der Waals surface area contributed by atoms with Crippen molar-refractivity contribution in [2.75, 3.05) is 7.11 Å². The number of rotatable bonds is 4. The lowest BCUT2D eigenvalue weighted by Crippen LogP contribution is -1.95. The summed E-state index contributed by atoms with van der Waals surface area (Å²) in [5.74, 6) is 1.00. The minimum Gasteiger partial charge on any atom is -0.493 e. The fourth-order valence-electron chi connectivity index (χ4n) is 1.54. The number of ether oxygens (including phenoxy) is 2. The molecule has 0 aliphatic carbocycles. The number of hydrogen-bond acceptors (Lipinski definition) is 5. The highest BCUT2D eigenvalue weighted by molar-refractivity contribution is 9.10. The maximum atomic E-state index is 10.7. The molecule has 0 aliphatic heterocycles. The van der Waals surface area contributed by atoms with Crippen LogP contribution in [-0.2, 0) is 0 Å². The van der Waals surface area contributed by atoms with Gasteiger partial charge in [0.1, 0.15) is 0 Å². The lowest BCUT2D eigenvalue weighted by atomic mass is 10.3. The van der Waals surface area contributed by atoms with E-state index in [-0.39, 0.29) is 11.4 Å². The first-order valence-corrected chi connectivity index (χ1v) is 6.43. The Kier molecular flexibility index (Phi) is 4.19. The van der Waals surface area contributed by atoms with E-state index in [1.54, 1.807) is 6.20 Å². The Morgan fingerprint density at radius 2 is 2.05 bits per heavy atom. The summed E-state index contributed by atoms with van der Waals surface area (Å²) in [7, 11) is 1.42. The molecule has 1 aromatic heterocycles. The molecule has 0 bridgehead atoms. The molecule has 0 atom stereocenters. The molecule has 20 heavy (non-hydrogen) atoms. The summed E-state index contributed by atoms with van der Waals surface area (Å²) in [5.41, 5.74) is 0.904.